The van der Waals surface area contributed by atoms with E-state index in [1.165, 1.54) is 7.05 Å². The van der Waals surface area contributed by atoms with E-state index >= 15 is 0 Å². The lowest BCUT2D eigenvalue weighted by Gasteiger charge is -2.13. The van der Waals surface area contributed by atoms with Crippen molar-refractivity contribution in [1.29, 1.82) is 5.41 Å². The average Bonchev–Trinajstić information content (AvgIpc) is 2.60. The Bertz CT molecular complexity index is 741. The van der Waals surface area contributed by atoms with Crippen molar-refractivity contribution in [1.82, 2.24) is 5.32 Å². The molecule has 2 N–H and O–H groups in total. The molecule has 0 unspecified atom stereocenters. The maximum Gasteiger partial charge on any atom is 0.305 e. The van der Waals surface area contributed by atoms with Gasteiger partial charge in [-0.2, -0.15) is 0 Å². The molecule has 0 fully saturated rings. The molecule has 0 aliphatic rings. The number of nitrogens with one attached hydrogen (secondary N) is 2. The number of amides is 1. The minimum absolute atomic E-state index is 0.151. The van der Waals surface area contributed by atoms with Gasteiger partial charge >= 0.3 is 5.91 Å². The molecule has 2 rings (SSSR count). The zero-order chi connectivity index (χ0) is 17.5. The predicted molar refractivity (Wildman–Crippen MR) is 93.3 cm³/mol. The summed E-state index contributed by atoms with van der Waals surface area (Å²) in [6.45, 7) is 4.59. The van der Waals surface area contributed by atoms with Crippen molar-refractivity contribution in [2.45, 2.75) is 27.1 Å². The Morgan fingerprint density at radius 1 is 1.08 bits per heavy atom. The molecule has 1 amide bonds. The van der Waals surface area contributed by atoms with Crippen molar-refractivity contribution in [2.75, 3.05) is 7.05 Å². The van der Waals surface area contributed by atoms with E-state index in [-0.39, 0.29) is 6.61 Å². The fourth-order valence-electron chi connectivity index (χ4n) is 2.19. The third-order valence-electron chi connectivity index (χ3n) is 3.65. The molecular formula is C19H22N2O3. The molecule has 126 valence electrons. The standard InChI is InChI=1S/C19H22N2O3/c1-13-8-9-14(2)17(10-13)23-11-15-6-4-5-7-16(15)12-24-18(20)19(22)21-3/h4-10,20H,11-12H2,1-3H3,(H,21,22). The van der Waals surface area contributed by atoms with E-state index in [2.05, 4.69) is 5.32 Å². The van der Waals surface area contributed by atoms with E-state index in [0.717, 1.165) is 28.0 Å². The zero-order valence-corrected chi connectivity index (χ0v) is 14.2. The van der Waals surface area contributed by atoms with Gasteiger partial charge in [-0.05, 0) is 42.2 Å². The van der Waals surface area contributed by atoms with Gasteiger partial charge in [0.05, 0.1) is 0 Å². The fourth-order valence-corrected chi connectivity index (χ4v) is 2.19. The number of likely N-dealkylation sites (N-methyl/N-ethyl adjacent to an activating group) is 1. The molecule has 0 radical (unpaired) electrons. The Balaban J connectivity index is 2.04. The molecule has 2 aromatic carbocycles. The van der Waals surface area contributed by atoms with Gasteiger partial charge in [0.25, 0.3) is 5.90 Å². The number of benzene rings is 2. The van der Waals surface area contributed by atoms with Crippen molar-refractivity contribution in [3.05, 3.63) is 64.7 Å². The van der Waals surface area contributed by atoms with Gasteiger partial charge in [0.2, 0.25) is 0 Å². The van der Waals surface area contributed by atoms with Crippen LogP contribution in [0, 0.1) is 19.3 Å². The first-order valence-corrected chi connectivity index (χ1v) is 7.71. The van der Waals surface area contributed by atoms with E-state index < -0.39 is 11.8 Å². The maximum atomic E-state index is 11.3. The number of carbonyl (C=O) groups excluding carboxylic acids is 1. The Morgan fingerprint density at radius 3 is 2.42 bits per heavy atom. The molecular weight excluding hydrogens is 304 g/mol. The van der Waals surface area contributed by atoms with Crippen molar-refractivity contribution in [2.24, 2.45) is 0 Å². The zero-order valence-electron chi connectivity index (χ0n) is 14.2. The lowest BCUT2D eigenvalue weighted by Crippen LogP contribution is -2.28. The van der Waals surface area contributed by atoms with Gasteiger partial charge in [0.15, 0.2) is 0 Å². The van der Waals surface area contributed by atoms with Crippen LogP contribution in [0.3, 0.4) is 0 Å². The van der Waals surface area contributed by atoms with E-state index in [0.29, 0.717) is 6.61 Å². The highest BCUT2D eigenvalue weighted by Crippen LogP contribution is 2.21. The van der Waals surface area contributed by atoms with Gasteiger partial charge in [0.1, 0.15) is 19.0 Å². The minimum atomic E-state index is -0.542. The first kappa shape index (κ1) is 17.5. The molecule has 5 nitrogen and oxygen atoms in total. The molecule has 0 saturated heterocycles. The third kappa shape index (κ3) is 4.59. The van der Waals surface area contributed by atoms with E-state index in [1.54, 1.807) is 0 Å². The fraction of sp³-hybridized carbons (Fsp3) is 0.263. The maximum absolute atomic E-state index is 11.3. The van der Waals surface area contributed by atoms with Crippen LogP contribution in [0.25, 0.3) is 0 Å². The number of hydrogen-bond acceptors (Lipinski definition) is 4. The summed E-state index contributed by atoms with van der Waals surface area (Å²) in [7, 11) is 1.46. The molecule has 0 atom stereocenters. The van der Waals surface area contributed by atoms with Crippen molar-refractivity contribution >= 4 is 11.8 Å². The highest BCUT2D eigenvalue weighted by Gasteiger charge is 2.10. The highest BCUT2D eigenvalue weighted by atomic mass is 16.5. The van der Waals surface area contributed by atoms with Gasteiger partial charge in [0, 0.05) is 7.05 Å². The van der Waals surface area contributed by atoms with Crippen molar-refractivity contribution < 1.29 is 14.3 Å². The van der Waals surface area contributed by atoms with E-state index in [4.69, 9.17) is 14.9 Å². The van der Waals surface area contributed by atoms with Gasteiger partial charge < -0.3 is 14.8 Å². The summed E-state index contributed by atoms with van der Waals surface area (Å²) in [5.41, 5.74) is 4.07. The molecule has 0 heterocycles. The van der Waals surface area contributed by atoms with Crippen LogP contribution in [-0.4, -0.2) is 18.9 Å². The van der Waals surface area contributed by atoms with Gasteiger partial charge in [-0.25, -0.2) is 0 Å². The largest absolute Gasteiger partial charge is 0.489 e. The Morgan fingerprint density at radius 2 is 1.75 bits per heavy atom. The number of aryl methyl sites for hydroxylation is 2. The highest BCUT2D eigenvalue weighted by molar-refractivity contribution is 6.33. The molecule has 0 bridgehead atoms. The lowest BCUT2D eigenvalue weighted by atomic mass is 10.1. The molecule has 0 spiro atoms. The van der Waals surface area contributed by atoms with Crippen LogP contribution in [0.1, 0.15) is 22.3 Å². The molecule has 0 aromatic heterocycles. The van der Waals surface area contributed by atoms with Gasteiger partial charge in [-0.15, -0.1) is 0 Å². The molecule has 24 heavy (non-hydrogen) atoms. The summed E-state index contributed by atoms with van der Waals surface area (Å²) in [6, 6.07) is 13.8. The number of hydrogen-bond donors (Lipinski definition) is 2. The molecule has 5 heteroatoms. The summed E-state index contributed by atoms with van der Waals surface area (Å²) in [5.74, 6) is -0.0920. The molecule has 2 aromatic rings. The smallest absolute Gasteiger partial charge is 0.305 e. The summed E-state index contributed by atoms with van der Waals surface area (Å²) in [4.78, 5) is 11.3. The Kier molecular flexibility index (Phi) is 5.95. The van der Waals surface area contributed by atoms with Crippen molar-refractivity contribution in [3.63, 3.8) is 0 Å². The van der Waals surface area contributed by atoms with Gasteiger partial charge in [-0.3, -0.25) is 10.2 Å². The van der Waals surface area contributed by atoms with Crippen molar-refractivity contribution in [3.8, 4) is 5.75 Å². The Labute approximate surface area is 142 Å². The van der Waals surface area contributed by atoms with Crippen LogP contribution in [-0.2, 0) is 22.7 Å². The second kappa shape index (κ2) is 8.15. The average molecular weight is 326 g/mol. The normalized spacial score (nSPS) is 10.1. The summed E-state index contributed by atoms with van der Waals surface area (Å²) < 4.78 is 11.2. The van der Waals surface area contributed by atoms with Crippen LogP contribution >= 0.6 is 0 Å². The quantitative estimate of drug-likeness (QED) is 0.655. The minimum Gasteiger partial charge on any atom is -0.489 e. The van der Waals surface area contributed by atoms with Gasteiger partial charge in [-0.1, -0.05) is 36.4 Å². The van der Waals surface area contributed by atoms with Crippen LogP contribution in [0.15, 0.2) is 42.5 Å². The van der Waals surface area contributed by atoms with Crippen LogP contribution in [0.4, 0.5) is 0 Å². The number of carbonyl (C=O) groups is 1. The van der Waals surface area contributed by atoms with E-state index in [1.807, 2.05) is 56.3 Å². The third-order valence-corrected chi connectivity index (χ3v) is 3.65. The lowest BCUT2D eigenvalue weighted by molar-refractivity contribution is -0.115. The molecule has 0 aliphatic heterocycles. The summed E-state index contributed by atoms with van der Waals surface area (Å²) in [6.07, 6.45) is 0. The van der Waals surface area contributed by atoms with Crippen LogP contribution in [0.2, 0.25) is 0 Å². The monoisotopic (exact) mass is 326 g/mol. The molecule has 0 aliphatic carbocycles. The first-order chi connectivity index (χ1) is 11.5. The number of rotatable bonds is 5. The second-order valence-electron chi connectivity index (χ2n) is 5.52. The summed E-state index contributed by atoms with van der Waals surface area (Å²) in [5, 5.41) is 9.90. The van der Waals surface area contributed by atoms with E-state index in [9.17, 15) is 4.79 Å². The Hall–Kier alpha value is -2.82. The molecule has 0 saturated carbocycles. The predicted octanol–water partition coefficient (Wildman–Crippen LogP) is 3.12. The first-order valence-electron chi connectivity index (χ1n) is 7.71. The van der Waals surface area contributed by atoms with Crippen LogP contribution in [0.5, 0.6) is 5.75 Å². The SMILES string of the molecule is CNC(=O)C(=N)OCc1ccccc1COc1cc(C)ccc1C. The van der Waals surface area contributed by atoms with Crippen LogP contribution < -0.4 is 10.1 Å². The summed E-state index contributed by atoms with van der Waals surface area (Å²) >= 11 is 0. The second-order valence-corrected chi connectivity index (χ2v) is 5.52. The number of ether oxygens (including phenoxy) is 2. The topological polar surface area (TPSA) is 71.4 Å².